The highest BCUT2D eigenvalue weighted by Crippen LogP contribution is 2.46. The van der Waals surface area contributed by atoms with Crippen molar-refractivity contribution < 1.29 is 33.0 Å². The first-order valence-electron chi connectivity index (χ1n) is 7.57. The Balaban J connectivity index is 0.000000256. The Hall–Kier alpha value is -2.25. The van der Waals surface area contributed by atoms with Crippen LogP contribution in [0.1, 0.15) is 48.0 Å². The van der Waals surface area contributed by atoms with Crippen molar-refractivity contribution in [3.05, 3.63) is 29.3 Å². The van der Waals surface area contributed by atoms with E-state index in [0.29, 0.717) is 5.56 Å². The van der Waals surface area contributed by atoms with Gasteiger partial charge < -0.3 is 15.5 Å². The number of alkyl halides is 3. The van der Waals surface area contributed by atoms with Gasteiger partial charge in [0.05, 0.1) is 5.56 Å². The summed E-state index contributed by atoms with van der Waals surface area (Å²) in [6.45, 7) is 0.978. The molecule has 1 aromatic carbocycles. The Morgan fingerprint density at radius 2 is 1.67 bits per heavy atom. The fourth-order valence-electron chi connectivity index (χ4n) is 3.30. The third kappa shape index (κ3) is 3.80. The van der Waals surface area contributed by atoms with Crippen molar-refractivity contribution in [2.45, 2.75) is 43.7 Å². The van der Waals surface area contributed by atoms with Crippen LogP contribution < -0.4 is 5.32 Å². The van der Waals surface area contributed by atoms with E-state index in [-0.39, 0.29) is 5.41 Å². The van der Waals surface area contributed by atoms with Crippen LogP contribution in [-0.2, 0) is 10.2 Å². The lowest BCUT2D eigenvalue weighted by molar-refractivity contribution is -0.192. The maximum Gasteiger partial charge on any atom is 0.490 e. The summed E-state index contributed by atoms with van der Waals surface area (Å²) in [7, 11) is 0. The molecule has 0 aromatic heterocycles. The van der Waals surface area contributed by atoms with Gasteiger partial charge in [-0.15, -0.1) is 0 Å². The van der Waals surface area contributed by atoms with E-state index in [2.05, 4.69) is 5.32 Å². The number of carbonyl (C=O) groups is 2. The number of carboxylic acid groups (broad SMARTS) is 2. The molecule has 0 bridgehead atoms. The van der Waals surface area contributed by atoms with Gasteiger partial charge in [-0.1, -0.05) is 19.3 Å². The van der Waals surface area contributed by atoms with Crippen LogP contribution in [0, 0.1) is 0 Å². The third-order valence-corrected chi connectivity index (χ3v) is 4.51. The molecule has 8 heteroatoms. The van der Waals surface area contributed by atoms with Crippen LogP contribution >= 0.6 is 0 Å². The minimum Gasteiger partial charge on any atom is -0.478 e. The molecule has 1 spiro atoms. The molecule has 1 aliphatic heterocycles. The molecule has 132 valence electrons. The number of aromatic carboxylic acids is 1. The van der Waals surface area contributed by atoms with Crippen LogP contribution in [0.2, 0.25) is 0 Å². The van der Waals surface area contributed by atoms with E-state index in [1.54, 1.807) is 6.07 Å². The van der Waals surface area contributed by atoms with Crippen LogP contribution in [0.15, 0.2) is 18.2 Å². The zero-order chi connectivity index (χ0) is 18.0. The van der Waals surface area contributed by atoms with E-state index in [9.17, 15) is 18.0 Å². The van der Waals surface area contributed by atoms with Gasteiger partial charge in [0.25, 0.3) is 0 Å². The first-order valence-corrected chi connectivity index (χ1v) is 7.57. The van der Waals surface area contributed by atoms with Crippen LogP contribution in [0.4, 0.5) is 18.9 Å². The van der Waals surface area contributed by atoms with E-state index in [1.807, 2.05) is 12.1 Å². The number of carboxylic acids is 2. The van der Waals surface area contributed by atoms with Gasteiger partial charge >= 0.3 is 18.1 Å². The van der Waals surface area contributed by atoms with E-state index in [0.717, 1.165) is 12.2 Å². The molecule has 1 saturated carbocycles. The molecule has 0 atom stereocenters. The highest BCUT2D eigenvalue weighted by atomic mass is 19.4. The van der Waals surface area contributed by atoms with E-state index < -0.39 is 18.1 Å². The third-order valence-electron chi connectivity index (χ3n) is 4.51. The molecule has 3 N–H and O–H groups in total. The zero-order valence-corrected chi connectivity index (χ0v) is 12.8. The Bertz CT molecular complexity index is 631. The lowest BCUT2D eigenvalue weighted by atomic mass is 9.70. The SMILES string of the molecule is O=C(O)C(F)(F)F.O=C(O)c1ccc2c(c1)C1(CCCCC1)CN2. The molecule has 1 aromatic rings. The zero-order valence-electron chi connectivity index (χ0n) is 12.8. The van der Waals surface area contributed by atoms with Crippen molar-refractivity contribution in [2.24, 2.45) is 0 Å². The molecule has 0 radical (unpaired) electrons. The monoisotopic (exact) mass is 345 g/mol. The summed E-state index contributed by atoms with van der Waals surface area (Å²) in [6.07, 6.45) is 1.14. The number of fused-ring (bicyclic) bond motifs is 2. The van der Waals surface area contributed by atoms with Gasteiger partial charge in [-0.3, -0.25) is 0 Å². The lowest BCUT2D eigenvalue weighted by Gasteiger charge is -2.33. The second-order valence-corrected chi connectivity index (χ2v) is 6.06. The first-order chi connectivity index (χ1) is 11.2. The number of rotatable bonds is 1. The summed E-state index contributed by atoms with van der Waals surface area (Å²) in [5.74, 6) is -3.59. The Kier molecular flexibility index (Phi) is 5.05. The minimum atomic E-state index is -5.08. The summed E-state index contributed by atoms with van der Waals surface area (Å²) in [6, 6.07) is 5.49. The number of aliphatic carboxylic acids is 1. The minimum absolute atomic E-state index is 0.207. The molecule has 1 fully saturated rings. The molecule has 0 unspecified atom stereocenters. The number of hydrogen-bond donors (Lipinski definition) is 3. The average Bonchev–Trinajstić information content (AvgIpc) is 2.86. The normalized spacial score (nSPS) is 18.1. The number of halogens is 3. The van der Waals surface area contributed by atoms with E-state index in [1.165, 1.54) is 37.7 Å². The molecule has 5 nitrogen and oxygen atoms in total. The predicted molar refractivity (Wildman–Crippen MR) is 80.3 cm³/mol. The van der Waals surface area contributed by atoms with E-state index >= 15 is 0 Å². The second-order valence-electron chi connectivity index (χ2n) is 6.06. The fourth-order valence-corrected chi connectivity index (χ4v) is 3.30. The molecule has 0 amide bonds. The maximum absolute atomic E-state index is 11.1. The van der Waals surface area contributed by atoms with Gasteiger partial charge in [-0.05, 0) is 36.6 Å². The van der Waals surface area contributed by atoms with Crippen molar-refractivity contribution in [1.82, 2.24) is 0 Å². The van der Waals surface area contributed by atoms with Gasteiger partial charge in [-0.2, -0.15) is 13.2 Å². The van der Waals surface area contributed by atoms with Gasteiger partial charge in [0.2, 0.25) is 0 Å². The quantitative estimate of drug-likeness (QED) is 0.723. The van der Waals surface area contributed by atoms with Crippen LogP contribution in [0.25, 0.3) is 0 Å². The summed E-state index contributed by atoms with van der Waals surface area (Å²) >= 11 is 0. The molecule has 1 aliphatic carbocycles. The van der Waals surface area contributed by atoms with Gasteiger partial charge in [0.1, 0.15) is 0 Å². The van der Waals surface area contributed by atoms with Crippen molar-refractivity contribution >= 4 is 17.6 Å². The number of hydrogen-bond acceptors (Lipinski definition) is 3. The maximum atomic E-state index is 11.1. The van der Waals surface area contributed by atoms with Crippen molar-refractivity contribution in [1.29, 1.82) is 0 Å². The first kappa shape index (κ1) is 18.1. The van der Waals surface area contributed by atoms with Crippen LogP contribution in [0.5, 0.6) is 0 Å². The summed E-state index contributed by atoms with van der Waals surface area (Å²) in [4.78, 5) is 19.9. The molecule has 1 heterocycles. The topological polar surface area (TPSA) is 86.6 Å². The van der Waals surface area contributed by atoms with Crippen molar-refractivity contribution in [3.8, 4) is 0 Å². The summed E-state index contributed by atoms with van der Waals surface area (Å²) in [5.41, 5.74) is 2.99. The summed E-state index contributed by atoms with van der Waals surface area (Å²) in [5, 5.41) is 19.6. The average molecular weight is 345 g/mol. The smallest absolute Gasteiger partial charge is 0.478 e. The molecular weight excluding hydrogens is 327 g/mol. The number of nitrogens with one attached hydrogen (secondary N) is 1. The van der Waals surface area contributed by atoms with Crippen molar-refractivity contribution in [2.75, 3.05) is 11.9 Å². The Morgan fingerprint density at radius 3 is 2.17 bits per heavy atom. The Labute approximate surface area is 136 Å². The lowest BCUT2D eigenvalue weighted by Crippen LogP contribution is -2.31. The largest absolute Gasteiger partial charge is 0.490 e. The highest BCUT2D eigenvalue weighted by Gasteiger charge is 2.40. The molecule has 0 saturated heterocycles. The molecule has 3 rings (SSSR count). The number of anilines is 1. The standard InChI is InChI=1S/C14H17NO2.C2HF3O2/c16-13(17)10-4-5-12-11(8-10)14(9-15-12)6-2-1-3-7-14;3-2(4,5)1(6)7/h4-5,8,15H,1-3,6-7,9H2,(H,16,17);(H,6,7). The van der Waals surface area contributed by atoms with Crippen LogP contribution in [-0.4, -0.2) is 34.9 Å². The summed E-state index contributed by atoms with van der Waals surface area (Å²) < 4.78 is 31.7. The molecule has 2 aliphatic rings. The molecular formula is C16H18F3NO4. The van der Waals surface area contributed by atoms with Crippen LogP contribution in [0.3, 0.4) is 0 Å². The Morgan fingerprint density at radius 1 is 1.08 bits per heavy atom. The number of benzene rings is 1. The van der Waals surface area contributed by atoms with Gasteiger partial charge in [0.15, 0.2) is 0 Å². The second kappa shape index (κ2) is 6.70. The predicted octanol–water partition coefficient (Wildman–Crippen LogP) is 3.65. The van der Waals surface area contributed by atoms with Crippen molar-refractivity contribution in [3.63, 3.8) is 0 Å². The van der Waals surface area contributed by atoms with E-state index in [4.69, 9.17) is 15.0 Å². The highest BCUT2D eigenvalue weighted by molar-refractivity contribution is 5.89. The van der Waals surface area contributed by atoms with Gasteiger partial charge in [0, 0.05) is 17.6 Å². The fraction of sp³-hybridized carbons (Fsp3) is 0.500. The molecule has 24 heavy (non-hydrogen) atoms. The van der Waals surface area contributed by atoms with Gasteiger partial charge in [-0.25, -0.2) is 9.59 Å².